The molecule has 2 fully saturated rings. The molecule has 2 aromatic rings. The van der Waals surface area contributed by atoms with E-state index in [0.717, 1.165) is 37.1 Å². The van der Waals surface area contributed by atoms with Crippen molar-refractivity contribution in [1.82, 2.24) is 20.4 Å². The summed E-state index contributed by atoms with van der Waals surface area (Å²) in [6, 6.07) is 11.9. The molecule has 0 unspecified atom stereocenters. The molecule has 3 N–H and O–H groups in total. The van der Waals surface area contributed by atoms with Crippen LogP contribution in [0.15, 0.2) is 48.5 Å². The molecule has 1 saturated carbocycles. The highest BCUT2D eigenvalue weighted by Crippen LogP contribution is 2.32. The first kappa shape index (κ1) is 32.1. The van der Waals surface area contributed by atoms with Gasteiger partial charge >= 0.3 is 12.2 Å². The van der Waals surface area contributed by atoms with Crippen LogP contribution < -0.4 is 20.7 Å². The van der Waals surface area contributed by atoms with E-state index in [-0.39, 0.29) is 23.2 Å². The number of likely N-dealkylation sites (tertiary alicyclic amines) is 1. The normalized spacial score (nSPS) is 20.4. The molecule has 2 aromatic carbocycles. The number of anilines is 1. The number of nitrogens with one attached hydrogen (secondary N) is 3. The van der Waals surface area contributed by atoms with Crippen molar-refractivity contribution >= 4 is 23.5 Å². The number of carbonyl (C=O) groups is 3. The number of alkyl halides is 3. The molecule has 9 nitrogen and oxygen atoms in total. The lowest BCUT2D eigenvalue weighted by atomic mass is 9.81. The second kappa shape index (κ2) is 14.1. The van der Waals surface area contributed by atoms with E-state index in [2.05, 4.69) is 41.7 Å². The van der Waals surface area contributed by atoms with Gasteiger partial charge in [0.2, 0.25) is 5.91 Å². The Morgan fingerprint density at radius 1 is 1.07 bits per heavy atom. The average molecular weight is 604 g/mol. The Hall–Kier alpha value is -3.80. The lowest BCUT2D eigenvalue weighted by Gasteiger charge is -2.41. The molecule has 4 rings (SSSR count). The van der Waals surface area contributed by atoms with Gasteiger partial charge in [0.1, 0.15) is 5.75 Å². The van der Waals surface area contributed by atoms with Gasteiger partial charge in [-0.1, -0.05) is 18.2 Å². The monoisotopic (exact) mass is 603 g/mol. The summed E-state index contributed by atoms with van der Waals surface area (Å²) in [6.07, 6.45) is -1.46. The van der Waals surface area contributed by atoms with Crippen molar-refractivity contribution in [2.24, 2.45) is 5.92 Å². The summed E-state index contributed by atoms with van der Waals surface area (Å²) >= 11 is 0. The SMILES string of the molecule is CC(C)N(C)[C@@H]1CC[C@H](NC(=O)CNC(=O)c2cc(C(F)(F)F)ccc2NC(=O)N2CCC2)[C@H](COc2ccccc2)C1. The summed E-state index contributed by atoms with van der Waals surface area (Å²) < 4.78 is 46.3. The Labute approximate surface area is 250 Å². The second-order valence-corrected chi connectivity index (χ2v) is 11.5. The minimum Gasteiger partial charge on any atom is -0.493 e. The van der Waals surface area contributed by atoms with E-state index in [9.17, 15) is 27.6 Å². The zero-order chi connectivity index (χ0) is 31.1. The Morgan fingerprint density at radius 3 is 2.42 bits per heavy atom. The van der Waals surface area contributed by atoms with Crippen molar-refractivity contribution in [2.45, 2.75) is 63.8 Å². The number of benzene rings is 2. The minimum atomic E-state index is -4.69. The van der Waals surface area contributed by atoms with Crippen molar-refractivity contribution in [3.05, 3.63) is 59.7 Å². The third-order valence-corrected chi connectivity index (χ3v) is 8.28. The molecular formula is C31H40F3N5O4. The van der Waals surface area contributed by atoms with E-state index in [4.69, 9.17) is 4.74 Å². The highest BCUT2D eigenvalue weighted by Gasteiger charge is 2.35. The lowest BCUT2D eigenvalue weighted by molar-refractivity contribution is -0.137. The number of amides is 4. The van der Waals surface area contributed by atoms with E-state index in [1.54, 1.807) is 0 Å². The molecule has 234 valence electrons. The number of rotatable bonds is 10. The first-order valence-electron chi connectivity index (χ1n) is 14.7. The summed E-state index contributed by atoms with van der Waals surface area (Å²) in [4.78, 5) is 42.2. The second-order valence-electron chi connectivity index (χ2n) is 11.5. The maximum Gasteiger partial charge on any atom is 0.416 e. The van der Waals surface area contributed by atoms with Gasteiger partial charge in [0.25, 0.3) is 5.91 Å². The number of ether oxygens (including phenoxy) is 1. The maximum atomic E-state index is 13.4. The van der Waals surface area contributed by atoms with Crippen LogP contribution in [0.25, 0.3) is 0 Å². The number of para-hydroxylation sites is 1. The summed E-state index contributed by atoms with van der Waals surface area (Å²) in [7, 11) is 2.09. The molecule has 43 heavy (non-hydrogen) atoms. The molecular weight excluding hydrogens is 563 g/mol. The number of halogens is 3. The molecule has 1 saturated heterocycles. The van der Waals surface area contributed by atoms with Crippen LogP contribution in [-0.2, 0) is 11.0 Å². The van der Waals surface area contributed by atoms with E-state index >= 15 is 0 Å². The third-order valence-electron chi connectivity index (χ3n) is 8.28. The van der Waals surface area contributed by atoms with Crippen molar-refractivity contribution in [1.29, 1.82) is 0 Å². The van der Waals surface area contributed by atoms with Crippen LogP contribution in [-0.4, -0.2) is 79.1 Å². The Kier molecular flexibility index (Phi) is 10.5. The van der Waals surface area contributed by atoms with Crippen LogP contribution in [0.5, 0.6) is 5.75 Å². The van der Waals surface area contributed by atoms with Crippen LogP contribution in [0.4, 0.5) is 23.7 Å². The molecule has 12 heteroatoms. The molecule has 1 aliphatic heterocycles. The molecule has 4 amide bonds. The molecule has 0 bridgehead atoms. The number of hydrogen-bond acceptors (Lipinski definition) is 5. The van der Waals surface area contributed by atoms with E-state index in [0.29, 0.717) is 44.3 Å². The van der Waals surface area contributed by atoms with Crippen molar-refractivity contribution in [3.63, 3.8) is 0 Å². The smallest absolute Gasteiger partial charge is 0.416 e. The number of hydrogen-bond donors (Lipinski definition) is 3. The first-order valence-corrected chi connectivity index (χ1v) is 14.7. The average Bonchev–Trinajstić information content (AvgIpc) is 2.94. The van der Waals surface area contributed by atoms with Gasteiger partial charge in [-0.15, -0.1) is 0 Å². The van der Waals surface area contributed by atoms with Crippen LogP contribution in [0, 0.1) is 5.92 Å². The molecule has 2 aliphatic rings. The quantitative estimate of drug-likeness (QED) is 0.364. The van der Waals surface area contributed by atoms with Crippen molar-refractivity contribution in [2.75, 3.05) is 38.6 Å². The fourth-order valence-electron chi connectivity index (χ4n) is 5.37. The summed E-state index contributed by atoms with van der Waals surface area (Å²) in [5.74, 6) is -0.618. The van der Waals surface area contributed by atoms with Crippen LogP contribution in [0.1, 0.15) is 55.5 Å². The molecule has 1 heterocycles. The zero-order valence-corrected chi connectivity index (χ0v) is 24.7. The van der Waals surface area contributed by atoms with Gasteiger partial charge in [-0.25, -0.2) is 4.79 Å². The van der Waals surface area contributed by atoms with Gasteiger partial charge in [-0.2, -0.15) is 13.2 Å². The minimum absolute atomic E-state index is 0.00611. The van der Waals surface area contributed by atoms with Gasteiger partial charge in [0.15, 0.2) is 0 Å². The summed E-state index contributed by atoms with van der Waals surface area (Å²) in [5, 5.41) is 7.95. The summed E-state index contributed by atoms with van der Waals surface area (Å²) in [6.45, 7) is 5.29. The van der Waals surface area contributed by atoms with Gasteiger partial charge in [-0.05, 0) is 76.9 Å². The Bertz CT molecular complexity index is 1270. The Balaban J connectivity index is 1.40. The van der Waals surface area contributed by atoms with Crippen LogP contribution >= 0.6 is 0 Å². The summed E-state index contributed by atoms with van der Waals surface area (Å²) in [5.41, 5.74) is -1.47. The number of carbonyl (C=O) groups excluding carboxylic acids is 3. The van der Waals surface area contributed by atoms with E-state index in [1.807, 2.05) is 30.3 Å². The fraction of sp³-hybridized carbons (Fsp3) is 0.516. The maximum absolute atomic E-state index is 13.4. The predicted molar refractivity (Wildman–Crippen MR) is 157 cm³/mol. The fourth-order valence-corrected chi connectivity index (χ4v) is 5.37. The standard InChI is InChI=1S/C31H40F3N5O4/c1-20(2)38(3)23-11-13-26(21(16-23)19-43-24-8-5-4-6-9-24)36-28(40)18-35-29(41)25-17-22(31(32,33)34)10-12-27(25)37-30(42)39-14-7-15-39/h4-6,8-10,12,17,20-21,23,26H,7,11,13-16,18-19H2,1-3H3,(H,35,41)(H,36,40)(H,37,42)/t21-,23+,26-/m0/s1. The van der Waals surface area contributed by atoms with E-state index in [1.165, 1.54) is 4.90 Å². The highest BCUT2D eigenvalue weighted by molar-refractivity contribution is 6.04. The molecule has 3 atom stereocenters. The van der Waals surface area contributed by atoms with Crippen molar-refractivity contribution in [3.8, 4) is 5.75 Å². The van der Waals surface area contributed by atoms with Gasteiger partial charge in [0, 0.05) is 37.1 Å². The van der Waals surface area contributed by atoms with Gasteiger partial charge in [0.05, 0.1) is 30.0 Å². The number of nitrogens with zero attached hydrogens (tertiary/aromatic N) is 2. The first-order chi connectivity index (χ1) is 20.4. The molecule has 0 aromatic heterocycles. The highest BCUT2D eigenvalue weighted by atomic mass is 19.4. The largest absolute Gasteiger partial charge is 0.493 e. The van der Waals surface area contributed by atoms with Gasteiger partial charge < -0.3 is 30.5 Å². The molecule has 0 spiro atoms. The zero-order valence-electron chi connectivity index (χ0n) is 24.7. The molecule has 1 aliphatic carbocycles. The van der Waals surface area contributed by atoms with E-state index < -0.39 is 36.1 Å². The third kappa shape index (κ3) is 8.62. The van der Waals surface area contributed by atoms with Crippen molar-refractivity contribution < 1.29 is 32.3 Å². The number of urea groups is 1. The van der Waals surface area contributed by atoms with Crippen LogP contribution in [0.3, 0.4) is 0 Å². The lowest BCUT2D eigenvalue weighted by Crippen LogP contribution is -2.52. The Morgan fingerprint density at radius 2 is 1.79 bits per heavy atom. The van der Waals surface area contributed by atoms with Crippen LogP contribution in [0.2, 0.25) is 0 Å². The predicted octanol–water partition coefficient (Wildman–Crippen LogP) is 4.75. The topological polar surface area (TPSA) is 103 Å². The van der Waals surface area contributed by atoms with Gasteiger partial charge in [-0.3, -0.25) is 9.59 Å². The molecule has 0 radical (unpaired) electrons.